The Balaban J connectivity index is 2.05. The number of nitrogens with two attached hydrogens (primary N) is 1. The number of aromatic nitrogens is 2. The smallest absolute Gasteiger partial charge is 0.405 e. The molecule has 7 nitrogen and oxygen atoms in total. The maximum absolute atomic E-state index is 12.2. The SMILES string of the molecule is COc1ccc2c(-c3ccc(C(OC(N)=O)C(C)(C)C)cc3)n[nH]c(=O)c2c1. The number of methoxy groups -OCH3 is 1. The second kappa shape index (κ2) is 7.34. The molecular weight excluding hydrogens is 358 g/mol. The molecule has 0 bridgehead atoms. The second-order valence-corrected chi connectivity index (χ2v) is 7.62. The third kappa shape index (κ3) is 3.83. The number of rotatable bonds is 4. The maximum Gasteiger partial charge on any atom is 0.405 e. The lowest BCUT2D eigenvalue weighted by Gasteiger charge is -2.30. The van der Waals surface area contributed by atoms with E-state index in [2.05, 4.69) is 10.2 Å². The predicted molar refractivity (Wildman–Crippen MR) is 107 cm³/mol. The number of nitrogens with one attached hydrogen (secondary N) is 1. The molecule has 3 aromatic rings. The first kappa shape index (κ1) is 19.4. The van der Waals surface area contributed by atoms with Gasteiger partial charge in [0.2, 0.25) is 0 Å². The zero-order valence-electron chi connectivity index (χ0n) is 16.3. The van der Waals surface area contributed by atoms with Crippen LogP contribution in [0.3, 0.4) is 0 Å². The van der Waals surface area contributed by atoms with Gasteiger partial charge in [-0.25, -0.2) is 9.89 Å². The van der Waals surface area contributed by atoms with Crippen LogP contribution in [0.25, 0.3) is 22.0 Å². The summed E-state index contributed by atoms with van der Waals surface area (Å²) >= 11 is 0. The summed E-state index contributed by atoms with van der Waals surface area (Å²) in [6, 6.07) is 12.8. The standard InChI is InChI=1S/C21H23N3O4/c1-21(2,3)18(28-20(22)26)13-7-5-12(6-8-13)17-15-10-9-14(27-4)11-16(15)19(25)24-23-17/h5-11,18H,1-4H3,(H2,22,26)(H,24,25). The predicted octanol–water partition coefficient (Wildman–Crippen LogP) is 3.78. The Bertz CT molecular complexity index is 1070. The molecule has 3 rings (SSSR count). The number of carbonyl (C=O) groups is 1. The number of benzene rings is 2. The fourth-order valence-electron chi connectivity index (χ4n) is 3.17. The van der Waals surface area contributed by atoms with Gasteiger partial charge < -0.3 is 15.2 Å². The van der Waals surface area contributed by atoms with Gasteiger partial charge in [0.15, 0.2) is 0 Å². The number of fused-ring (bicyclic) bond motifs is 1. The molecular formula is C21H23N3O4. The van der Waals surface area contributed by atoms with Gasteiger partial charge in [0, 0.05) is 16.4 Å². The van der Waals surface area contributed by atoms with Gasteiger partial charge in [0.05, 0.1) is 18.2 Å². The number of nitrogens with zero attached hydrogens (tertiary/aromatic N) is 1. The van der Waals surface area contributed by atoms with Crippen LogP contribution in [0.4, 0.5) is 4.79 Å². The molecule has 146 valence electrons. The Morgan fingerprint density at radius 2 is 1.79 bits per heavy atom. The van der Waals surface area contributed by atoms with Gasteiger partial charge in [-0.15, -0.1) is 0 Å². The van der Waals surface area contributed by atoms with Gasteiger partial charge in [-0.05, 0) is 23.8 Å². The van der Waals surface area contributed by atoms with Crippen LogP contribution in [0.2, 0.25) is 0 Å². The molecule has 0 spiro atoms. The Hall–Kier alpha value is -3.35. The van der Waals surface area contributed by atoms with Gasteiger partial charge in [-0.1, -0.05) is 45.0 Å². The van der Waals surface area contributed by atoms with Crippen molar-refractivity contribution in [2.45, 2.75) is 26.9 Å². The molecule has 7 heteroatoms. The summed E-state index contributed by atoms with van der Waals surface area (Å²) in [5.74, 6) is 0.599. The number of carbonyl (C=O) groups excluding carboxylic acids is 1. The molecule has 0 fully saturated rings. The van der Waals surface area contributed by atoms with Gasteiger partial charge >= 0.3 is 6.09 Å². The summed E-state index contributed by atoms with van der Waals surface area (Å²) in [6.07, 6.45) is -1.30. The highest BCUT2D eigenvalue weighted by Crippen LogP contribution is 2.37. The first-order valence-corrected chi connectivity index (χ1v) is 8.83. The molecule has 0 saturated carbocycles. The van der Waals surface area contributed by atoms with Gasteiger partial charge in [-0.3, -0.25) is 4.79 Å². The zero-order valence-corrected chi connectivity index (χ0v) is 16.3. The molecule has 1 atom stereocenters. The lowest BCUT2D eigenvalue weighted by atomic mass is 9.84. The van der Waals surface area contributed by atoms with E-state index in [4.69, 9.17) is 15.2 Å². The average molecular weight is 381 g/mol. The van der Waals surface area contributed by atoms with E-state index in [0.717, 1.165) is 16.5 Å². The van der Waals surface area contributed by atoms with Gasteiger partial charge in [0.25, 0.3) is 5.56 Å². The van der Waals surface area contributed by atoms with Crippen LogP contribution >= 0.6 is 0 Å². The zero-order chi connectivity index (χ0) is 20.5. The number of aromatic amines is 1. The van der Waals surface area contributed by atoms with Crippen molar-refractivity contribution in [1.82, 2.24) is 10.2 Å². The minimum absolute atomic E-state index is 0.281. The quantitative estimate of drug-likeness (QED) is 0.715. The fourth-order valence-corrected chi connectivity index (χ4v) is 3.17. The Kier molecular flexibility index (Phi) is 5.09. The van der Waals surface area contributed by atoms with Gasteiger partial charge in [0.1, 0.15) is 11.9 Å². The highest BCUT2D eigenvalue weighted by molar-refractivity contribution is 5.94. The van der Waals surface area contributed by atoms with Crippen molar-refractivity contribution in [2.75, 3.05) is 7.11 Å². The molecule has 1 heterocycles. The Morgan fingerprint density at radius 1 is 1.11 bits per heavy atom. The summed E-state index contributed by atoms with van der Waals surface area (Å²) in [7, 11) is 1.55. The highest BCUT2D eigenvalue weighted by atomic mass is 16.6. The van der Waals surface area contributed by atoms with E-state index in [0.29, 0.717) is 16.8 Å². The van der Waals surface area contributed by atoms with Crippen molar-refractivity contribution in [3.63, 3.8) is 0 Å². The average Bonchev–Trinajstić information content (AvgIpc) is 2.65. The molecule has 0 aliphatic rings. The van der Waals surface area contributed by atoms with Crippen LogP contribution in [-0.4, -0.2) is 23.4 Å². The molecule has 28 heavy (non-hydrogen) atoms. The first-order valence-electron chi connectivity index (χ1n) is 8.83. The molecule has 0 aliphatic heterocycles. The number of hydrogen-bond donors (Lipinski definition) is 2. The van der Waals surface area contributed by atoms with E-state index in [9.17, 15) is 9.59 Å². The van der Waals surface area contributed by atoms with Crippen LogP contribution in [0.1, 0.15) is 32.4 Å². The number of ether oxygens (including phenoxy) is 2. The summed E-state index contributed by atoms with van der Waals surface area (Å²) in [6.45, 7) is 5.91. The van der Waals surface area contributed by atoms with Crippen molar-refractivity contribution in [3.8, 4) is 17.0 Å². The number of primary amides is 1. The molecule has 2 aromatic carbocycles. The van der Waals surface area contributed by atoms with Crippen LogP contribution in [0, 0.1) is 5.41 Å². The monoisotopic (exact) mass is 381 g/mol. The van der Waals surface area contributed by atoms with E-state index < -0.39 is 12.2 Å². The molecule has 1 unspecified atom stereocenters. The van der Waals surface area contributed by atoms with Crippen molar-refractivity contribution >= 4 is 16.9 Å². The lowest BCUT2D eigenvalue weighted by molar-refractivity contribution is 0.0360. The van der Waals surface area contributed by atoms with Crippen LogP contribution in [0.5, 0.6) is 5.75 Å². The Morgan fingerprint density at radius 3 is 2.36 bits per heavy atom. The van der Waals surface area contributed by atoms with E-state index >= 15 is 0 Å². The third-order valence-electron chi connectivity index (χ3n) is 4.50. The lowest BCUT2D eigenvalue weighted by Crippen LogP contribution is -2.26. The largest absolute Gasteiger partial charge is 0.497 e. The van der Waals surface area contributed by atoms with Crippen LogP contribution in [-0.2, 0) is 4.74 Å². The fraction of sp³-hybridized carbons (Fsp3) is 0.286. The molecule has 3 N–H and O–H groups in total. The number of H-pyrrole nitrogens is 1. The summed E-state index contributed by atoms with van der Waals surface area (Å²) in [4.78, 5) is 23.4. The van der Waals surface area contributed by atoms with E-state index in [-0.39, 0.29) is 11.0 Å². The topological polar surface area (TPSA) is 107 Å². The molecule has 0 radical (unpaired) electrons. The maximum atomic E-state index is 12.2. The molecule has 1 aromatic heterocycles. The highest BCUT2D eigenvalue weighted by Gasteiger charge is 2.29. The van der Waals surface area contributed by atoms with Crippen molar-refractivity contribution < 1.29 is 14.3 Å². The number of amides is 1. The van der Waals surface area contributed by atoms with E-state index in [1.165, 1.54) is 0 Å². The first-order chi connectivity index (χ1) is 13.2. The second-order valence-electron chi connectivity index (χ2n) is 7.62. The minimum Gasteiger partial charge on any atom is -0.497 e. The molecule has 0 saturated heterocycles. The molecule has 0 aliphatic carbocycles. The van der Waals surface area contributed by atoms with Gasteiger partial charge in [-0.2, -0.15) is 5.10 Å². The van der Waals surface area contributed by atoms with Crippen LogP contribution < -0.4 is 16.0 Å². The third-order valence-corrected chi connectivity index (χ3v) is 4.50. The van der Waals surface area contributed by atoms with Crippen molar-refractivity contribution in [3.05, 3.63) is 58.4 Å². The summed E-state index contributed by atoms with van der Waals surface area (Å²) in [5.41, 5.74) is 6.92. The van der Waals surface area contributed by atoms with Crippen molar-refractivity contribution in [2.24, 2.45) is 11.1 Å². The summed E-state index contributed by atoms with van der Waals surface area (Å²) in [5, 5.41) is 7.97. The van der Waals surface area contributed by atoms with E-state index in [1.54, 1.807) is 19.2 Å². The van der Waals surface area contributed by atoms with E-state index in [1.807, 2.05) is 51.1 Å². The van der Waals surface area contributed by atoms with Crippen LogP contribution in [0.15, 0.2) is 47.3 Å². The minimum atomic E-state index is -0.814. The normalized spacial score (nSPS) is 12.6. The number of hydrogen-bond acceptors (Lipinski definition) is 5. The summed E-state index contributed by atoms with van der Waals surface area (Å²) < 4.78 is 10.5. The van der Waals surface area contributed by atoms with Crippen molar-refractivity contribution in [1.29, 1.82) is 0 Å². The Labute approximate surface area is 162 Å². The molecule has 1 amide bonds.